The summed E-state index contributed by atoms with van der Waals surface area (Å²) in [7, 11) is 0. The summed E-state index contributed by atoms with van der Waals surface area (Å²) in [5.74, 6) is 0. The van der Waals surface area contributed by atoms with Crippen LogP contribution in [0.4, 0.5) is 0 Å². The Hall–Kier alpha value is -3.53. The van der Waals surface area contributed by atoms with Gasteiger partial charge >= 0.3 is 0 Å². The molecular formula is C22H14N4. The van der Waals surface area contributed by atoms with Gasteiger partial charge in [-0.2, -0.15) is 5.10 Å². The fourth-order valence-electron chi connectivity index (χ4n) is 3.92. The zero-order valence-electron chi connectivity index (χ0n) is 14.1. The summed E-state index contributed by atoms with van der Waals surface area (Å²) >= 11 is 0. The van der Waals surface area contributed by atoms with Gasteiger partial charge in [-0.15, -0.1) is 0 Å². The maximum absolute atomic E-state index is 5.03. The standard InChI is InChI=1S/C22H14N4/c1-13-19-22(26(25-13)15-9-3-2-4-10-15)24-21-17-12-6-8-14-7-5-11-16(18(14)17)20(21)23-19/h2-12H,1H3. The molecule has 0 N–H and O–H groups in total. The molecule has 0 fully saturated rings. The van der Waals surface area contributed by atoms with Crippen molar-refractivity contribution in [1.82, 2.24) is 19.7 Å². The lowest BCUT2D eigenvalue weighted by Crippen LogP contribution is -1.98. The lowest BCUT2D eigenvalue weighted by atomic mass is 10.0. The monoisotopic (exact) mass is 334 g/mol. The predicted octanol–water partition coefficient (Wildman–Crippen LogP) is 4.92. The van der Waals surface area contributed by atoms with E-state index in [0.717, 1.165) is 45.1 Å². The number of para-hydroxylation sites is 1. The lowest BCUT2D eigenvalue weighted by molar-refractivity contribution is 0.878. The third kappa shape index (κ3) is 1.66. The first-order valence-corrected chi connectivity index (χ1v) is 8.66. The Morgan fingerprint density at radius 2 is 1.42 bits per heavy atom. The van der Waals surface area contributed by atoms with E-state index >= 15 is 0 Å². The normalized spacial score (nSPS) is 12.0. The Labute approximate surface area is 149 Å². The third-order valence-electron chi connectivity index (χ3n) is 5.09. The summed E-state index contributed by atoms with van der Waals surface area (Å²) in [4.78, 5) is 10.0. The molecule has 0 saturated heterocycles. The number of aryl methyl sites for hydroxylation is 1. The Kier molecular flexibility index (Phi) is 2.51. The van der Waals surface area contributed by atoms with Crippen molar-refractivity contribution in [3.05, 3.63) is 72.4 Å². The van der Waals surface area contributed by atoms with Gasteiger partial charge < -0.3 is 0 Å². The molecule has 2 aromatic heterocycles. The molecule has 0 bridgehead atoms. The highest BCUT2D eigenvalue weighted by molar-refractivity contribution is 6.14. The van der Waals surface area contributed by atoms with Crippen LogP contribution < -0.4 is 0 Å². The number of hydrogen-bond donors (Lipinski definition) is 0. The van der Waals surface area contributed by atoms with Gasteiger partial charge in [0.15, 0.2) is 5.65 Å². The van der Waals surface area contributed by atoms with Gasteiger partial charge in [-0.1, -0.05) is 54.6 Å². The topological polar surface area (TPSA) is 43.6 Å². The first-order valence-electron chi connectivity index (χ1n) is 8.66. The summed E-state index contributed by atoms with van der Waals surface area (Å²) in [6, 6.07) is 22.8. The fourth-order valence-corrected chi connectivity index (χ4v) is 3.92. The minimum absolute atomic E-state index is 0.803. The van der Waals surface area contributed by atoms with Crippen molar-refractivity contribution >= 4 is 21.9 Å². The van der Waals surface area contributed by atoms with Crippen LogP contribution in [-0.4, -0.2) is 19.7 Å². The molecule has 1 aliphatic carbocycles. The van der Waals surface area contributed by atoms with E-state index in [0.29, 0.717) is 0 Å². The number of hydrogen-bond acceptors (Lipinski definition) is 3. The van der Waals surface area contributed by atoms with E-state index in [1.807, 2.05) is 41.9 Å². The molecule has 122 valence electrons. The first kappa shape index (κ1) is 13.7. The second-order valence-corrected chi connectivity index (χ2v) is 6.64. The number of aromatic nitrogens is 4. The van der Waals surface area contributed by atoms with Crippen LogP contribution in [0.15, 0.2) is 66.7 Å². The lowest BCUT2D eigenvalue weighted by Gasteiger charge is -2.04. The van der Waals surface area contributed by atoms with Gasteiger partial charge in [0.25, 0.3) is 0 Å². The van der Waals surface area contributed by atoms with E-state index in [9.17, 15) is 0 Å². The second kappa shape index (κ2) is 4.76. The van der Waals surface area contributed by atoms with E-state index in [1.165, 1.54) is 10.8 Å². The highest BCUT2D eigenvalue weighted by Crippen LogP contribution is 2.45. The predicted molar refractivity (Wildman–Crippen MR) is 103 cm³/mol. The molecule has 0 amide bonds. The van der Waals surface area contributed by atoms with Crippen molar-refractivity contribution in [2.45, 2.75) is 6.92 Å². The molecule has 0 unspecified atom stereocenters. The van der Waals surface area contributed by atoms with Gasteiger partial charge in [0.2, 0.25) is 0 Å². The molecule has 4 heteroatoms. The summed E-state index contributed by atoms with van der Waals surface area (Å²) in [5.41, 5.74) is 7.77. The summed E-state index contributed by atoms with van der Waals surface area (Å²) in [6.45, 7) is 1.99. The fraction of sp³-hybridized carbons (Fsp3) is 0.0455. The molecule has 5 aromatic rings. The van der Waals surface area contributed by atoms with Gasteiger partial charge in [-0.05, 0) is 24.4 Å². The van der Waals surface area contributed by atoms with Gasteiger partial charge in [0.05, 0.1) is 22.8 Å². The minimum atomic E-state index is 0.803. The molecule has 0 atom stereocenters. The summed E-state index contributed by atoms with van der Waals surface area (Å²) in [5, 5.41) is 7.17. The zero-order valence-corrected chi connectivity index (χ0v) is 14.1. The van der Waals surface area contributed by atoms with E-state index in [-0.39, 0.29) is 0 Å². The zero-order chi connectivity index (χ0) is 17.3. The van der Waals surface area contributed by atoms with E-state index < -0.39 is 0 Å². The molecule has 0 radical (unpaired) electrons. The van der Waals surface area contributed by atoms with Crippen molar-refractivity contribution in [3.63, 3.8) is 0 Å². The third-order valence-corrected chi connectivity index (χ3v) is 5.09. The quantitative estimate of drug-likeness (QED) is 0.428. The van der Waals surface area contributed by atoms with Crippen molar-refractivity contribution in [1.29, 1.82) is 0 Å². The first-order chi connectivity index (χ1) is 12.8. The van der Waals surface area contributed by atoms with Crippen molar-refractivity contribution < 1.29 is 0 Å². The molecular weight excluding hydrogens is 320 g/mol. The highest BCUT2D eigenvalue weighted by atomic mass is 15.3. The van der Waals surface area contributed by atoms with E-state index in [1.54, 1.807) is 0 Å². The van der Waals surface area contributed by atoms with Crippen LogP contribution in [-0.2, 0) is 0 Å². The maximum atomic E-state index is 5.03. The second-order valence-electron chi connectivity index (χ2n) is 6.64. The van der Waals surface area contributed by atoms with Gasteiger partial charge in [-0.3, -0.25) is 0 Å². The van der Waals surface area contributed by atoms with Crippen LogP contribution in [0.5, 0.6) is 0 Å². The molecule has 2 heterocycles. The maximum Gasteiger partial charge on any atom is 0.182 e. The number of rotatable bonds is 1. The molecule has 0 saturated carbocycles. The van der Waals surface area contributed by atoms with E-state index in [4.69, 9.17) is 15.1 Å². The van der Waals surface area contributed by atoms with Crippen molar-refractivity contribution in [2.75, 3.05) is 0 Å². The Balaban J connectivity index is 1.73. The average Bonchev–Trinajstić information content (AvgIpc) is 3.19. The van der Waals surface area contributed by atoms with Crippen LogP contribution >= 0.6 is 0 Å². The van der Waals surface area contributed by atoms with Crippen molar-refractivity contribution in [2.24, 2.45) is 0 Å². The summed E-state index contributed by atoms with van der Waals surface area (Å²) < 4.78 is 1.89. The average molecular weight is 334 g/mol. The van der Waals surface area contributed by atoms with Crippen LogP contribution in [0.1, 0.15) is 5.69 Å². The van der Waals surface area contributed by atoms with Crippen molar-refractivity contribution in [3.8, 4) is 28.2 Å². The van der Waals surface area contributed by atoms with Gasteiger partial charge in [0, 0.05) is 16.5 Å². The van der Waals surface area contributed by atoms with Gasteiger partial charge in [0.1, 0.15) is 5.52 Å². The molecule has 6 rings (SSSR count). The molecule has 4 nitrogen and oxygen atoms in total. The number of nitrogens with zero attached hydrogens (tertiary/aromatic N) is 4. The molecule has 0 spiro atoms. The Morgan fingerprint density at radius 3 is 2.15 bits per heavy atom. The largest absolute Gasteiger partial charge is 0.240 e. The van der Waals surface area contributed by atoms with Crippen LogP contribution in [0.25, 0.3) is 50.1 Å². The summed E-state index contributed by atoms with van der Waals surface area (Å²) in [6.07, 6.45) is 0. The van der Waals surface area contributed by atoms with Crippen LogP contribution in [0.2, 0.25) is 0 Å². The smallest absolute Gasteiger partial charge is 0.182 e. The molecule has 26 heavy (non-hydrogen) atoms. The van der Waals surface area contributed by atoms with Crippen LogP contribution in [0.3, 0.4) is 0 Å². The molecule has 3 aromatic carbocycles. The van der Waals surface area contributed by atoms with Crippen LogP contribution in [0, 0.1) is 6.92 Å². The number of benzene rings is 3. The van der Waals surface area contributed by atoms with Gasteiger partial charge in [-0.25, -0.2) is 14.6 Å². The molecule has 1 aliphatic rings. The minimum Gasteiger partial charge on any atom is -0.240 e. The molecule has 0 aliphatic heterocycles. The number of fused-ring (bicyclic) bond motifs is 4. The Bertz CT molecular complexity index is 1330. The highest BCUT2D eigenvalue weighted by Gasteiger charge is 2.26. The Morgan fingerprint density at radius 1 is 0.731 bits per heavy atom. The SMILES string of the molecule is Cc1nn(-c2ccccc2)c2nc3c(nc12)-c1cccc2cccc-3c12. The van der Waals surface area contributed by atoms with E-state index in [2.05, 4.69) is 36.4 Å².